The van der Waals surface area contributed by atoms with Crippen LogP contribution >= 0.6 is 11.6 Å². The quantitative estimate of drug-likeness (QED) is 0.917. The lowest BCUT2D eigenvalue weighted by molar-refractivity contribution is -0.154. The molecule has 2 heterocycles. The largest absolute Gasteiger partial charge is 0.479 e. The number of nitrogens with zero attached hydrogens (tertiary/aromatic N) is 1. The number of morpholine rings is 1. The number of aryl methyl sites for hydroxylation is 1. The van der Waals surface area contributed by atoms with Crippen LogP contribution in [-0.4, -0.2) is 47.7 Å². The van der Waals surface area contributed by atoms with E-state index in [1.807, 2.05) is 0 Å². The van der Waals surface area contributed by atoms with E-state index in [-0.39, 0.29) is 24.8 Å². The first kappa shape index (κ1) is 14.9. The molecule has 0 spiro atoms. The van der Waals surface area contributed by atoms with Gasteiger partial charge in [-0.25, -0.2) is 4.79 Å². The van der Waals surface area contributed by atoms with E-state index in [4.69, 9.17) is 25.9 Å². The van der Waals surface area contributed by atoms with Crippen LogP contribution in [0.15, 0.2) is 22.6 Å². The monoisotopic (exact) mass is 323 g/mol. The summed E-state index contributed by atoms with van der Waals surface area (Å²) in [5.41, 5.74) is 1.27. The van der Waals surface area contributed by atoms with Gasteiger partial charge in [-0.1, -0.05) is 11.6 Å². The number of furan rings is 1. The molecule has 2 aromatic rings. The van der Waals surface area contributed by atoms with Crippen molar-refractivity contribution >= 4 is 34.4 Å². The second-order valence-corrected chi connectivity index (χ2v) is 5.58. The SMILES string of the molecule is Cc1c(C(=O)N2CCO[C@@H](C(=O)O)C2)oc2ccc(Cl)cc12. The molecule has 1 atom stereocenters. The maximum absolute atomic E-state index is 12.6. The minimum Gasteiger partial charge on any atom is -0.479 e. The first-order chi connectivity index (χ1) is 10.5. The minimum atomic E-state index is -1.08. The molecule has 0 radical (unpaired) electrons. The summed E-state index contributed by atoms with van der Waals surface area (Å²) in [5.74, 6) is -1.20. The van der Waals surface area contributed by atoms with Crippen molar-refractivity contribution < 1.29 is 23.8 Å². The van der Waals surface area contributed by atoms with Crippen molar-refractivity contribution in [3.05, 3.63) is 34.5 Å². The van der Waals surface area contributed by atoms with Crippen molar-refractivity contribution in [3.8, 4) is 0 Å². The third-order valence-electron chi connectivity index (χ3n) is 3.72. The van der Waals surface area contributed by atoms with E-state index in [1.54, 1.807) is 25.1 Å². The topological polar surface area (TPSA) is 80.0 Å². The van der Waals surface area contributed by atoms with Gasteiger partial charge in [0.1, 0.15) is 5.58 Å². The van der Waals surface area contributed by atoms with Gasteiger partial charge in [0.15, 0.2) is 11.9 Å². The number of carbonyl (C=O) groups is 2. The van der Waals surface area contributed by atoms with Crippen LogP contribution in [0.5, 0.6) is 0 Å². The fraction of sp³-hybridized carbons (Fsp3) is 0.333. The Hall–Kier alpha value is -2.05. The summed E-state index contributed by atoms with van der Waals surface area (Å²) in [5, 5.41) is 10.3. The van der Waals surface area contributed by atoms with Crippen LogP contribution in [-0.2, 0) is 9.53 Å². The van der Waals surface area contributed by atoms with Crippen LogP contribution in [0, 0.1) is 6.92 Å². The standard InChI is InChI=1S/C15H14ClNO5/c1-8-10-6-9(16)2-3-11(10)22-13(8)14(18)17-4-5-21-12(7-17)15(19)20/h2-3,6,12H,4-5,7H2,1H3,(H,19,20)/t12-/m1/s1. The lowest BCUT2D eigenvalue weighted by Crippen LogP contribution is -2.48. The van der Waals surface area contributed by atoms with Crippen LogP contribution in [0.4, 0.5) is 0 Å². The van der Waals surface area contributed by atoms with E-state index in [2.05, 4.69) is 0 Å². The highest BCUT2D eigenvalue weighted by Gasteiger charge is 2.31. The second-order valence-electron chi connectivity index (χ2n) is 5.15. The average Bonchev–Trinajstić information content (AvgIpc) is 2.83. The zero-order valence-corrected chi connectivity index (χ0v) is 12.6. The minimum absolute atomic E-state index is 0.00537. The van der Waals surface area contributed by atoms with Gasteiger partial charge in [-0.15, -0.1) is 0 Å². The number of fused-ring (bicyclic) bond motifs is 1. The third kappa shape index (κ3) is 2.55. The second kappa shape index (κ2) is 5.62. The molecule has 22 heavy (non-hydrogen) atoms. The molecule has 1 aliphatic rings. The fourth-order valence-corrected chi connectivity index (χ4v) is 2.70. The van der Waals surface area contributed by atoms with Crippen LogP contribution in [0.2, 0.25) is 5.02 Å². The zero-order valence-electron chi connectivity index (χ0n) is 11.8. The first-order valence-electron chi connectivity index (χ1n) is 6.79. The van der Waals surface area contributed by atoms with Gasteiger partial charge in [-0.2, -0.15) is 0 Å². The number of amides is 1. The van der Waals surface area contributed by atoms with Crippen LogP contribution in [0.3, 0.4) is 0 Å². The lowest BCUT2D eigenvalue weighted by Gasteiger charge is -2.30. The van der Waals surface area contributed by atoms with Gasteiger partial charge >= 0.3 is 5.97 Å². The Balaban J connectivity index is 1.92. The van der Waals surface area contributed by atoms with Gasteiger partial charge in [-0.05, 0) is 25.1 Å². The van der Waals surface area contributed by atoms with Gasteiger partial charge in [0, 0.05) is 22.5 Å². The van der Waals surface area contributed by atoms with Crippen molar-refractivity contribution in [2.24, 2.45) is 0 Å². The highest BCUT2D eigenvalue weighted by molar-refractivity contribution is 6.31. The Morgan fingerprint density at radius 1 is 1.41 bits per heavy atom. The predicted molar refractivity (Wildman–Crippen MR) is 79.2 cm³/mol. The molecule has 116 valence electrons. The Labute approximate surface area is 131 Å². The Kier molecular flexibility index (Phi) is 3.80. The molecule has 1 N–H and O–H groups in total. The molecule has 1 aromatic heterocycles. The number of hydrogen-bond acceptors (Lipinski definition) is 4. The van der Waals surface area contributed by atoms with Crippen LogP contribution < -0.4 is 0 Å². The number of carboxylic acids is 1. The summed E-state index contributed by atoms with van der Waals surface area (Å²) < 4.78 is 10.7. The maximum atomic E-state index is 12.6. The fourth-order valence-electron chi connectivity index (χ4n) is 2.52. The van der Waals surface area contributed by atoms with E-state index < -0.39 is 12.1 Å². The molecule has 0 bridgehead atoms. The predicted octanol–water partition coefficient (Wildman–Crippen LogP) is 2.32. The molecular weight excluding hydrogens is 310 g/mol. The molecule has 0 aliphatic carbocycles. The number of carboxylic acid groups (broad SMARTS) is 1. The van der Waals surface area contributed by atoms with Crippen molar-refractivity contribution in [2.45, 2.75) is 13.0 Å². The number of rotatable bonds is 2. The Morgan fingerprint density at radius 3 is 2.91 bits per heavy atom. The summed E-state index contributed by atoms with van der Waals surface area (Å²) in [4.78, 5) is 25.0. The lowest BCUT2D eigenvalue weighted by atomic mass is 10.1. The summed E-state index contributed by atoms with van der Waals surface area (Å²) in [6, 6.07) is 5.14. The highest BCUT2D eigenvalue weighted by Crippen LogP contribution is 2.29. The number of benzene rings is 1. The maximum Gasteiger partial charge on any atom is 0.334 e. The van der Waals surface area contributed by atoms with Gasteiger partial charge in [-0.3, -0.25) is 4.79 Å². The van der Waals surface area contributed by atoms with Gasteiger partial charge in [0.2, 0.25) is 0 Å². The van der Waals surface area contributed by atoms with Gasteiger partial charge in [0.05, 0.1) is 13.2 Å². The van der Waals surface area contributed by atoms with Crippen molar-refractivity contribution in [3.63, 3.8) is 0 Å². The number of aliphatic carboxylic acids is 1. The summed E-state index contributed by atoms with van der Waals surface area (Å²) in [7, 11) is 0. The Morgan fingerprint density at radius 2 is 2.18 bits per heavy atom. The molecule has 0 saturated carbocycles. The molecule has 3 rings (SSSR count). The number of ether oxygens (including phenoxy) is 1. The van der Waals surface area contributed by atoms with E-state index in [9.17, 15) is 9.59 Å². The van der Waals surface area contributed by atoms with Crippen molar-refractivity contribution in [1.29, 1.82) is 0 Å². The number of hydrogen-bond donors (Lipinski definition) is 1. The molecule has 1 amide bonds. The third-order valence-corrected chi connectivity index (χ3v) is 3.96. The molecule has 1 aliphatic heterocycles. The molecule has 1 saturated heterocycles. The van der Waals surface area contributed by atoms with Gasteiger partial charge < -0.3 is 19.2 Å². The first-order valence-corrected chi connectivity index (χ1v) is 7.17. The number of carbonyl (C=O) groups excluding carboxylic acids is 1. The number of halogens is 1. The van der Waals surface area contributed by atoms with Crippen LogP contribution in [0.1, 0.15) is 16.1 Å². The normalized spacial score (nSPS) is 18.6. The van der Waals surface area contributed by atoms with E-state index in [0.717, 1.165) is 5.39 Å². The van der Waals surface area contributed by atoms with Crippen molar-refractivity contribution in [1.82, 2.24) is 4.90 Å². The van der Waals surface area contributed by atoms with E-state index >= 15 is 0 Å². The average molecular weight is 324 g/mol. The molecule has 7 heteroatoms. The summed E-state index contributed by atoms with van der Waals surface area (Å²) in [6.45, 7) is 2.31. The van der Waals surface area contributed by atoms with E-state index in [1.165, 1.54) is 4.90 Å². The van der Waals surface area contributed by atoms with Crippen molar-refractivity contribution in [2.75, 3.05) is 19.7 Å². The van der Waals surface area contributed by atoms with Gasteiger partial charge in [0.25, 0.3) is 5.91 Å². The molecular formula is C15H14ClNO5. The molecule has 1 aromatic carbocycles. The molecule has 0 unspecified atom stereocenters. The smallest absolute Gasteiger partial charge is 0.334 e. The van der Waals surface area contributed by atoms with E-state index in [0.29, 0.717) is 22.7 Å². The molecule has 1 fully saturated rings. The Bertz CT molecular complexity index is 754. The summed E-state index contributed by atoms with van der Waals surface area (Å²) >= 11 is 5.96. The molecule has 6 nitrogen and oxygen atoms in total. The summed E-state index contributed by atoms with van der Waals surface area (Å²) in [6.07, 6.45) is -1.00. The zero-order chi connectivity index (χ0) is 15.9. The highest BCUT2D eigenvalue weighted by atomic mass is 35.5. The van der Waals surface area contributed by atoms with Crippen LogP contribution in [0.25, 0.3) is 11.0 Å².